The van der Waals surface area contributed by atoms with Gasteiger partial charge in [-0.15, -0.1) is 0 Å². The molecule has 2 bridgehead atoms. The fourth-order valence-corrected chi connectivity index (χ4v) is 4.60. The van der Waals surface area contributed by atoms with Gasteiger partial charge in [-0.2, -0.15) is 0 Å². The van der Waals surface area contributed by atoms with Gasteiger partial charge >= 0.3 is 5.97 Å². The topological polar surface area (TPSA) is 29.5 Å². The number of piperidine rings is 1. The number of rotatable bonds is 5. The number of esters is 1. The minimum absolute atomic E-state index is 0.279. The maximum atomic E-state index is 11.6. The third-order valence-electron chi connectivity index (χ3n) is 5.97. The summed E-state index contributed by atoms with van der Waals surface area (Å²) in [6, 6.07) is 19.9. The van der Waals surface area contributed by atoms with E-state index in [0.29, 0.717) is 17.6 Å². The van der Waals surface area contributed by atoms with E-state index in [4.69, 9.17) is 4.74 Å². The molecule has 140 valence electrons. The maximum Gasteiger partial charge on any atom is 0.337 e. The van der Waals surface area contributed by atoms with E-state index in [1.54, 1.807) is 5.57 Å². The van der Waals surface area contributed by atoms with E-state index in [0.717, 1.165) is 6.42 Å². The number of benzene rings is 2. The predicted molar refractivity (Wildman–Crippen MR) is 109 cm³/mol. The molecule has 2 unspecified atom stereocenters. The Morgan fingerprint density at radius 2 is 1.70 bits per heavy atom. The Labute approximate surface area is 161 Å². The molecule has 0 radical (unpaired) electrons. The van der Waals surface area contributed by atoms with Crippen LogP contribution in [0.2, 0.25) is 0 Å². The van der Waals surface area contributed by atoms with Crippen molar-refractivity contribution in [1.82, 2.24) is 4.90 Å². The number of fused-ring (bicyclic) bond motifs is 2. The molecule has 0 saturated carbocycles. The molecule has 2 aromatic carbocycles. The zero-order valence-electron chi connectivity index (χ0n) is 15.9. The van der Waals surface area contributed by atoms with E-state index in [-0.39, 0.29) is 5.97 Å². The zero-order valence-corrected chi connectivity index (χ0v) is 15.9. The zero-order chi connectivity index (χ0) is 18.6. The Hall–Kier alpha value is -2.39. The summed E-state index contributed by atoms with van der Waals surface area (Å²) in [5.74, 6) is -0.279. The van der Waals surface area contributed by atoms with E-state index in [9.17, 15) is 4.79 Å². The monoisotopic (exact) mass is 361 g/mol. The van der Waals surface area contributed by atoms with E-state index < -0.39 is 0 Å². The van der Waals surface area contributed by atoms with Gasteiger partial charge in [0.1, 0.15) is 0 Å². The second-order valence-corrected chi connectivity index (χ2v) is 7.68. The fourth-order valence-electron chi connectivity index (χ4n) is 4.60. The summed E-state index contributed by atoms with van der Waals surface area (Å²) in [7, 11) is 1.42. The van der Waals surface area contributed by atoms with Crippen molar-refractivity contribution in [3.8, 4) is 0 Å². The van der Waals surface area contributed by atoms with Crippen LogP contribution in [0.3, 0.4) is 0 Å². The summed E-state index contributed by atoms with van der Waals surface area (Å²) in [5, 5.41) is 0. The van der Waals surface area contributed by atoms with E-state index >= 15 is 0 Å². The highest BCUT2D eigenvalue weighted by atomic mass is 16.5. The van der Waals surface area contributed by atoms with Crippen molar-refractivity contribution >= 4 is 12.0 Å². The molecule has 0 aromatic heterocycles. The highest BCUT2D eigenvalue weighted by molar-refractivity contribution is 5.89. The second kappa shape index (κ2) is 8.10. The Morgan fingerprint density at radius 3 is 2.33 bits per heavy atom. The van der Waals surface area contributed by atoms with Crippen LogP contribution in [0.1, 0.15) is 47.2 Å². The van der Waals surface area contributed by atoms with E-state index in [1.807, 2.05) is 24.3 Å². The first kappa shape index (κ1) is 18.0. The first-order chi connectivity index (χ1) is 13.2. The second-order valence-electron chi connectivity index (χ2n) is 7.68. The van der Waals surface area contributed by atoms with Crippen LogP contribution in [0.4, 0.5) is 0 Å². The van der Waals surface area contributed by atoms with Crippen LogP contribution in [0, 0.1) is 0 Å². The third-order valence-corrected chi connectivity index (χ3v) is 5.97. The Bertz CT molecular complexity index is 794. The molecule has 2 aliphatic heterocycles. The Morgan fingerprint density at radius 1 is 1.04 bits per heavy atom. The number of ether oxygens (including phenoxy) is 1. The highest BCUT2D eigenvalue weighted by Crippen LogP contribution is 2.39. The van der Waals surface area contributed by atoms with Crippen molar-refractivity contribution in [2.75, 3.05) is 13.7 Å². The van der Waals surface area contributed by atoms with Crippen molar-refractivity contribution < 1.29 is 9.53 Å². The fraction of sp³-hybridized carbons (Fsp3) is 0.375. The summed E-state index contributed by atoms with van der Waals surface area (Å²) < 4.78 is 4.77. The highest BCUT2D eigenvalue weighted by Gasteiger charge is 2.37. The van der Waals surface area contributed by atoms with Gasteiger partial charge in [0.05, 0.1) is 12.7 Å². The lowest BCUT2D eigenvalue weighted by Gasteiger charge is -2.36. The van der Waals surface area contributed by atoms with Gasteiger partial charge in [-0.1, -0.05) is 54.1 Å². The van der Waals surface area contributed by atoms with Crippen LogP contribution in [-0.2, 0) is 11.2 Å². The first-order valence-electron chi connectivity index (χ1n) is 9.90. The summed E-state index contributed by atoms with van der Waals surface area (Å²) in [4.78, 5) is 14.3. The Balaban J connectivity index is 1.39. The molecule has 4 rings (SSSR count). The lowest BCUT2D eigenvalue weighted by Crippen LogP contribution is -2.41. The van der Waals surface area contributed by atoms with Crippen molar-refractivity contribution in [3.05, 3.63) is 76.9 Å². The first-order valence-corrected chi connectivity index (χ1v) is 9.90. The lowest BCUT2D eigenvalue weighted by atomic mass is 9.94. The smallest absolute Gasteiger partial charge is 0.337 e. The van der Waals surface area contributed by atoms with Gasteiger partial charge in [-0.25, -0.2) is 4.79 Å². The van der Waals surface area contributed by atoms with Gasteiger partial charge in [0, 0.05) is 18.6 Å². The van der Waals surface area contributed by atoms with Crippen LogP contribution in [0.5, 0.6) is 0 Å². The average Bonchev–Trinajstić information content (AvgIpc) is 2.95. The van der Waals surface area contributed by atoms with Crippen LogP contribution in [0.25, 0.3) is 6.08 Å². The molecule has 2 heterocycles. The molecule has 2 aromatic rings. The molecule has 0 amide bonds. The predicted octanol–water partition coefficient (Wildman–Crippen LogP) is 4.73. The van der Waals surface area contributed by atoms with Gasteiger partial charge in [-0.3, -0.25) is 4.90 Å². The molecule has 2 saturated heterocycles. The Kier molecular flexibility index (Phi) is 5.40. The van der Waals surface area contributed by atoms with Gasteiger partial charge in [0.15, 0.2) is 0 Å². The standard InChI is InChI=1S/C24H27NO2/c1-27-24(26)21-9-7-19(8-10-21)15-20-16-22-11-12-23(17-20)25(22)14-13-18-5-3-2-4-6-18/h2-10,15,22-23H,11-14,16-17H2,1H3. The lowest BCUT2D eigenvalue weighted by molar-refractivity contribution is 0.0600. The molecular weight excluding hydrogens is 334 g/mol. The van der Waals surface area contributed by atoms with Gasteiger partial charge in [-0.05, 0) is 55.4 Å². The van der Waals surface area contributed by atoms with Crippen LogP contribution < -0.4 is 0 Å². The molecular formula is C24H27NO2. The number of carbonyl (C=O) groups excluding carboxylic acids is 1. The van der Waals surface area contributed by atoms with Gasteiger partial charge in [0.25, 0.3) is 0 Å². The van der Waals surface area contributed by atoms with Crippen molar-refractivity contribution in [1.29, 1.82) is 0 Å². The number of hydrogen-bond acceptors (Lipinski definition) is 3. The van der Waals surface area contributed by atoms with Crippen LogP contribution in [0.15, 0.2) is 60.2 Å². The summed E-state index contributed by atoms with van der Waals surface area (Å²) in [6.45, 7) is 1.17. The molecule has 3 nitrogen and oxygen atoms in total. The largest absolute Gasteiger partial charge is 0.465 e. The normalized spacial score (nSPS) is 21.9. The number of carbonyl (C=O) groups is 1. The number of methoxy groups -OCH3 is 1. The van der Waals surface area contributed by atoms with Gasteiger partial charge < -0.3 is 4.74 Å². The minimum atomic E-state index is -0.279. The number of nitrogens with zero attached hydrogens (tertiary/aromatic N) is 1. The summed E-state index contributed by atoms with van der Waals surface area (Å²) in [5.41, 5.74) is 4.76. The molecule has 2 fully saturated rings. The molecule has 0 N–H and O–H groups in total. The SMILES string of the molecule is COC(=O)c1ccc(C=C2CC3CCC(C2)N3CCc2ccccc2)cc1. The van der Waals surface area contributed by atoms with Gasteiger partial charge in [0.2, 0.25) is 0 Å². The summed E-state index contributed by atoms with van der Waals surface area (Å²) >= 11 is 0. The third kappa shape index (κ3) is 4.14. The quantitative estimate of drug-likeness (QED) is 0.721. The molecule has 0 aliphatic carbocycles. The molecule has 2 aliphatic rings. The minimum Gasteiger partial charge on any atom is -0.465 e. The van der Waals surface area contributed by atoms with Crippen molar-refractivity contribution in [2.45, 2.75) is 44.2 Å². The van der Waals surface area contributed by atoms with E-state index in [2.05, 4.69) is 41.3 Å². The number of hydrogen-bond donors (Lipinski definition) is 0. The molecule has 0 spiro atoms. The maximum absolute atomic E-state index is 11.6. The van der Waals surface area contributed by atoms with Crippen LogP contribution in [-0.4, -0.2) is 36.6 Å². The van der Waals surface area contributed by atoms with Crippen LogP contribution >= 0.6 is 0 Å². The van der Waals surface area contributed by atoms with E-state index in [1.165, 1.54) is 50.5 Å². The molecule has 27 heavy (non-hydrogen) atoms. The average molecular weight is 361 g/mol. The molecule has 3 heteroatoms. The van der Waals surface area contributed by atoms with Crippen molar-refractivity contribution in [3.63, 3.8) is 0 Å². The summed E-state index contributed by atoms with van der Waals surface area (Å²) in [6.07, 6.45) is 8.44. The van der Waals surface area contributed by atoms with Crippen molar-refractivity contribution in [2.24, 2.45) is 0 Å². The molecule has 2 atom stereocenters.